The van der Waals surface area contributed by atoms with Crippen molar-refractivity contribution in [2.45, 2.75) is 68.3 Å². The summed E-state index contributed by atoms with van der Waals surface area (Å²) in [5.74, 6) is 0.450. The highest BCUT2D eigenvalue weighted by Gasteiger charge is 2.44. The molecule has 34 heavy (non-hydrogen) atoms. The number of fused-ring (bicyclic) bond motifs is 3. The van der Waals surface area contributed by atoms with E-state index in [0.717, 1.165) is 48.7 Å². The van der Waals surface area contributed by atoms with Gasteiger partial charge >= 0.3 is 6.09 Å². The smallest absolute Gasteiger partial charge is 0.405 e. The van der Waals surface area contributed by atoms with E-state index < -0.39 is 21.5 Å². The van der Waals surface area contributed by atoms with E-state index in [-0.39, 0.29) is 11.8 Å². The van der Waals surface area contributed by atoms with Crippen molar-refractivity contribution >= 4 is 32.7 Å². The largest absolute Gasteiger partial charge is 0.465 e. The first kappa shape index (κ1) is 24.1. The lowest BCUT2D eigenvalue weighted by atomic mass is 9.87. The van der Waals surface area contributed by atoms with Crippen LogP contribution in [0.15, 0.2) is 23.1 Å². The number of hydrogen-bond donors (Lipinski definition) is 3. The van der Waals surface area contributed by atoms with E-state index in [9.17, 15) is 18.0 Å². The Morgan fingerprint density at radius 1 is 1.24 bits per heavy atom. The fourth-order valence-corrected chi connectivity index (χ4v) is 5.77. The molecule has 0 radical (unpaired) electrons. The summed E-state index contributed by atoms with van der Waals surface area (Å²) in [6, 6.07) is 7.27. The molecule has 2 aromatic rings. The normalized spacial score (nSPS) is 19.4. The molecular formula is C24H30N4O5S. The Hall–Kier alpha value is -3.06. The van der Waals surface area contributed by atoms with Gasteiger partial charge in [0.05, 0.1) is 16.5 Å². The number of amides is 2. The average molecular weight is 487 g/mol. The monoisotopic (exact) mass is 486 g/mol. The highest BCUT2D eigenvalue weighted by Crippen LogP contribution is 2.34. The number of nitrogens with zero attached hydrogens (tertiary/aromatic N) is 2. The predicted octanol–water partition coefficient (Wildman–Crippen LogP) is 3.35. The van der Waals surface area contributed by atoms with E-state index >= 15 is 0 Å². The number of nitriles is 1. The summed E-state index contributed by atoms with van der Waals surface area (Å²) < 4.78 is 24.1. The van der Waals surface area contributed by atoms with Crippen LogP contribution in [0.4, 0.5) is 4.79 Å². The zero-order valence-corrected chi connectivity index (χ0v) is 20.1. The number of rotatable bonds is 3. The number of H-pyrrole nitrogens is 1. The second-order valence-electron chi connectivity index (χ2n) is 9.50. The highest BCUT2D eigenvalue weighted by molar-refractivity contribution is 7.91. The second kappa shape index (κ2) is 9.29. The SMILES string of the molecule is CS(=O)(=O)c1cccc2c3c([nH]c12)CCN(C(=O)C1CCCCC1)C3.N#CC1(NC(=O)O)CC1. The second-order valence-corrected chi connectivity index (χ2v) is 11.5. The lowest BCUT2D eigenvalue weighted by Crippen LogP contribution is -2.40. The lowest BCUT2D eigenvalue weighted by molar-refractivity contribution is -0.137. The van der Waals surface area contributed by atoms with Gasteiger partial charge in [-0.2, -0.15) is 5.26 Å². The van der Waals surface area contributed by atoms with Crippen molar-refractivity contribution in [3.8, 4) is 6.07 Å². The molecule has 3 aliphatic rings. The van der Waals surface area contributed by atoms with E-state index in [4.69, 9.17) is 10.4 Å². The van der Waals surface area contributed by atoms with E-state index in [0.29, 0.717) is 36.3 Å². The van der Waals surface area contributed by atoms with E-state index in [1.165, 1.54) is 12.7 Å². The summed E-state index contributed by atoms with van der Waals surface area (Å²) in [4.78, 5) is 28.4. The first-order valence-corrected chi connectivity index (χ1v) is 13.6. The Kier molecular flexibility index (Phi) is 6.58. The van der Waals surface area contributed by atoms with Gasteiger partial charge in [-0.25, -0.2) is 13.2 Å². The van der Waals surface area contributed by atoms with Gasteiger partial charge in [0.25, 0.3) is 0 Å². The van der Waals surface area contributed by atoms with Crippen molar-refractivity contribution in [3.63, 3.8) is 0 Å². The van der Waals surface area contributed by atoms with Gasteiger partial charge in [0.2, 0.25) is 5.91 Å². The number of carboxylic acid groups (broad SMARTS) is 1. The molecule has 182 valence electrons. The molecule has 0 spiro atoms. The molecule has 2 heterocycles. The van der Waals surface area contributed by atoms with Gasteiger partial charge in [-0.3, -0.25) is 4.79 Å². The van der Waals surface area contributed by atoms with Crippen LogP contribution in [0.25, 0.3) is 10.9 Å². The number of aromatic amines is 1. The number of aromatic nitrogens is 1. The van der Waals surface area contributed by atoms with Crippen LogP contribution in [-0.4, -0.2) is 53.7 Å². The molecule has 3 N–H and O–H groups in total. The van der Waals surface area contributed by atoms with Gasteiger partial charge in [0, 0.05) is 48.3 Å². The van der Waals surface area contributed by atoms with Crippen molar-refractivity contribution in [1.29, 1.82) is 5.26 Å². The summed E-state index contributed by atoms with van der Waals surface area (Å²) in [5, 5.41) is 19.6. The summed E-state index contributed by atoms with van der Waals surface area (Å²) in [6.07, 6.45) is 7.74. The number of carbonyl (C=O) groups is 2. The van der Waals surface area contributed by atoms with Crippen LogP contribution in [-0.2, 0) is 27.6 Å². The third-order valence-electron chi connectivity index (χ3n) is 6.95. The number of nitrogens with one attached hydrogen (secondary N) is 2. The van der Waals surface area contributed by atoms with Gasteiger partial charge in [0.1, 0.15) is 5.54 Å². The van der Waals surface area contributed by atoms with Crippen molar-refractivity contribution in [1.82, 2.24) is 15.2 Å². The van der Waals surface area contributed by atoms with Crippen LogP contribution in [0, 0.1) is 17.2 Å². The van der Waals surface area contributed by atoms with Gasteiger partial charge in [0.15, 0.2) is 9.84 Å². The maximum absolute atomic E-state index is 12.9. The Bertz CT molecular complexity index is 1250. The summed E-state index contributed by atoms with van der Waals surface area (Å²) in [5.41, 5.74) is 2.10. The Morgan fingerprint density at radius 3 is 2.50 bits per heavy atom. The average Bonchev–Trinajstić information content (AvgIpc) is 3.48. The standard InChI is InChI=1S/C19H24N2O3S.C5H6N2O2/c1-25(23,24)17-9-5-8-14-15-12-21(11-10-16(15)20-18(14)17)19(22)13-6-3-2-4-7-13;6-3-5(1-2-5)7-4(8)9/h5,8-9,13,20H,2-4,6-7,10-12H2,1H3;7H,1-2H2,(H,8,9). The van der Waals surface area contributed by atoms with Crippen LogP contribution >= 0.6 is 0 Å². The Morgan fingerprint density at radius 2 is 1.94 bits per heavy atom. The maximum Gasteiger partial charge on any atom is 0.405 e. The molecule has 2 saturated carbocycles. The first-order valence-electron chi connectivity index (χ1n) is 11.7. The van der Waals surface area contributed by atoms with Gasteiger partial charge in [-0.15, -0.1) is 0 Å². The minimum absolute atomic E-state index is 0.173. The third-order valence-corrected chi connectivity index (χ3v) is 8.09. The molecule has 9 nitrogen and oxygen atoms in total. The molecule has 2 aliphatic carbocycles. The summed E-state index contributed by atoms with van der Waals surface area (Å²) >= 11 is 0. The molecule has 5 rings (SSSR count). The van der Waals surface area contributed by atoms with Crippen LogP contribution in [0.1, 0.15) is 56.2 Å². The molecule has 1 aromatic carbocycles. The number of para-hydroxylation sites is 1. The fraction of sp³-hybridized carbons (Fsp3) is 0.542. The van der Waals surface area contributed by atoms with E-state index in [1.54, 1.807) is 12.1 Å². The minimum Gasteiger partial charge on any atom is -0.465 e. The molecular weight excluding hydrogens is 456 g/mol. The number of hydrogen-bond acceptors (Lipinski definition) is 5. The molecule has 10 heteroatoms. The third kappa shape index (κ3) is 5.04. The molecule has 0 unspecified atom stereocenters. The molecule has 0 saturated heterocycles. The topological polar surface area (TPSA) is 143 Å². The Labute approximate surface area is 199 Å². The molecule has 2 fully saturated rings. The quantitative estimate of drug-likeness (QED) is 0.607. The van der Waals surface area contributed by atoms with Gasteiger partial charge in [-0.1, -0.05) is 31.4 Å². The van der Waals surface area contributed by atoms with Crippen LogP contribution in [0.5, 0.6) is 0 Å². The maximum atomic E-state index is 12.9. The van der Waals surface area contributed by atoms with E-state index in [1.807, 2.05) is 17.0 Å². The molecule has 1 aromatic heterocycles. The first-order chi connectivity index (χ1) is 16.1. The summed E-state index contributed by atoms with van der Waals surface area (Å²) in [6.45, 7) is 1.29. The summed E-state index contributed by atoms with van der Waals surface area (Å²) in [7, 11) is -3.29. The number of carbonyl (C=O) groups excluding carboxylic acids is 1. The van der Waals surface area contributed by atoms with Crippen LogP contribution in [0.3, 0.4) is 0 Å². The molecule has 0 atom stereocenters. The predicted molar refractivity (Wildman–Crippen MR) is 126 cm³/mol. The number of benzene rings is 1. The molecule has 0 bridgehead atoms. The fourth-order valence-electron chi connectivity index (χ4n) is 4.91. The zero-order valence-electron chi connectivity index (χ0n) is 19.3. The molecule has 1 aliphatic heterocycles. The lowest BCUT2D eigenvalue weighted by Gasteiger charge is -2.32. The van der Waals surface area contributed by atoms with Crippen LogP contribution in [0.2, 0.25) is 0 Å². The Balaban J connectivity index is 0.000000257. The van der Waals surface area contributed by atoms with Crippen molar-refractivity contribution in [2.75, 3.05) is 12.8 Å². The zero-order chi connectivity index (χ0) is 24.5. The highest BCUT2D eigenvalue weighted by atomic mass is 32.2. The van der Waals surface area contributed by atoms with Crippen molar-refractivity contribution < 1.29 is 23.1 Å². The van der Waals surface area contributed by atoms with Crippen molar-refractivity contribution in [3.05, 3.63) is 29.5 Å². The van der Waals surface area contributed by atoms with E-state index in [2.05, 4.69) is 10.3 Å². The minimum atomic E-state index is -3.29. The number of sulfone groups is 1. The van der Waals surface area contributed by atoms with Gasteiger partial charge < -0.3 is 20.3 Å². The van der Waals surface area contributed by atoms with Gasteiger partial charge in [-0.05, 0) is 31.7 Å². The molecule has 2 amide bonds. The van der Waals surface area contributed by atoms with Crippen LogP contribution < -0.4 is 5.32 Å². The van der Waals surface area contributed by atoms with Crippen molar-refractivity contribution in [2.24, 2.45) is 5.92 Å².